The normalized spacial score (nSPS) is 11.5. The lowest BCUT2D eigenvalue weighted by Crippen LogP contribution is -2.24. The number of halogens is 1. The van der Waals surface area contributed by atoms with Crippen LogP contribution in [-0.4, -0.2) is 23.4 Å². The van der Waals surface area contributed by atoms with E-state index >= 15 is 0 Å². The predicted octanol–water partition coefficient (Wildman–Crippen LogP) is 3.92. The Labute approximate surface area is 155 Å². The molecule has 2 aromatic rings. The van der Waals surface area contributed by atoms with E-state index in [1.165, 1.54) is 12.1 Å². The van der Waals surface area contributed by atoms with Crippen molar-refractivity contribution in [3.63, 3.8) is 0 Å². The molecule has 2 aromatic carbocycles. The maximum atomic E-state index is 12.2. The van der Waals surface area contributed by atoms with Crippen molar-refractivity contribution in [2.24, 2.45) is 0 Å². The van der Waals surface area contributed by atoms with Gasteiger partial charge in [0.15, 0.2) is 6.61 Å². The lowest BCUT2D eigenvalue weighted by atomic mass is 9.97. The van der Waals surface area contributed by atoms with Crippen molar-refractivity contribution in [2.75, 3.05) is 11.9 Å². The minimum Gasteiger partial charge on any atom is -0.455 e. The van der Waals surface area contributed by atoms with E-state index in [0.717, 1.165) is 11.6 Å². The molecule has 0 saturated heterocycles. The maximum absolute atomic E-state index is 12.2. The highest BCUT2D eigenvalue weighted by molar-refractivity contribution is 6.34. The third-order valence-corrected chi connectivity index (χ3v) is 3.99. The van der Waals surface area contributed by atoms with Crippen LogP contribution in [0.1, 0.15) is 24.8 Å². The van der Waals surface area contributed by atoms with Gasteiger partial charge in [0.05, 0.1) is 21.6 Å². The number of carbonyl (C=O) groups is 2. The van der Waals surface area contributed by atoms with Crippen molar-refractivity contribution in [1.82, 2.24) is 0 Å². The van der Waals surface area contributed by atoms with Crippen LogP contribution < -0.4 is 5.32 Å². The molecule has 0 fully saturated rings. The minimum absolute atomic E-state index is 0.0228. The molecule has 0 aromatic heterocycles. The maximum Gasteiger partial charge on any atom is 0.313 e. The van der Waals surface area contributed by atoms with E-state index in [1.54, 1.807) is 0 Å². The highest BCUT2D eigenvalue weighted by Crippen LogP contribution is 2.26. The molecule has 0 radical (unpaired) electrons. The van der Waals surface area contributed by atoms with Crippen molar-refractivity contribution in [3.05, 3.63) is 69.2 Å². The van der Waals surface area contributed by atoms with E-state index in [9.17, 15) is 19.7 Å². The van der Waals surface area contributed by atoms with Gasteiger partial charge in [0.1, 0.15) is 0 Å². The van der Waals surface area contributed by atoms with E-state index in [2.05, 4.69) is 5.32 Å². The number of nitro groups is 1. The number of hydrogen-bond donors (Lipinski definition) is 1. The van der Waals surface area contributed by atoms with Gasteiger partial charge in [-0.25, -0.2) is 0 Å². The van der Waals surface area contributed by atoms with Gasteiger partial charge in [-0.2, -0.15) is 0 Å². The SMILES string of the molecule is CC[C@@H](C(=O)OCC(=O)Nc1ccc([N+](=O)[O-])cc1Cl)c1ccccc1. The molecule has 1 atom stereocenters. The highest BCUT2D eigenvalue weighted by atomic mass is 35.5. The monoisotopic (exact) mass is 376 g/mol. The fourth-order valence-electron chi connectivity index (χ4n) is 2.37. The lowest BCUT2D eigenvalue weighted by Gasteiger charge is -2.14. The molecule has 7 nitrogen and oxygen atoms in total. The number of ether oxygens (including phenoxy) is 1. The molecule has 0 spiro atoms. The summed E-state index contributed by atoms with van der Waals surface area (Å²) in [6.07, 6.45) is 0.540. The smallest absolute Gasteiger partial charge is 0.313 e. The Hall–Kier alpha value is -2.93. The molecule has 0 saturated carbocycles. The van der Waals surface area contributed by atoms with Crippen LogP contribution in [0.5, 0.6) is 0 Å². The Kier molecular flexibility index (Phi) is 6.68. The van der Waals surface area contributed by atoms with Crippen LogP contribution in [0.3, 0.4) is 0 Å². The number of nitro benzene ring substituents is 1. The molecule has 0 aliphatic rings. The predicted molar refractivity (Wildman–Crippen MR) is 97.2 cm³/mol. The molecule has 136 valence electrons. The molecule has 0 unspecified atom stereocenters. The van der Waals surface area contributed by atoms with Crippen molar-refractivity contribution in [3.8, 4) is 0 Å². The zero-order chi connectivity index (χ0) is 19.1. The molecule has 0 heterocycles. The standard InChI is InChI=1S/C18H17ClN2O5/c1-2-14(12-6-4-3-5-7-12)18(23)26-11-17(22)20-16-9-8-13(21(24)25)10-15(16)19/h3-10,14H,2,11H2,1H3,(H,20,22)/t14-/m1/s1. The zero-order valence-electron chi connectivity index (χ0n) is 14.0. The van der Waals surface area contributed by atoms with Gasteiger partial charge < -0.3 is 10.1 Å². The van der Waals surface area contributed by atoms with E-state index in [1.807, 2.05) is 37.3 Å². The van der Waals surface area contributed by atoms with Gasteiger partial charge in [-0.05, 0) is 18.1 Å². The van der Waals surface area contributed by atoms with E-state index < -0.39 is 29.3 Å². The Balaban J connectivity index is 1.94. The second-order valence-corrected chi connectivity index (χ2v) is 5.86. The number of rotatable bonds is 7. The summed E-state index contributed by atoms with van der Waals surface area (Å²) >= 11 is 5.91. The third kappa shape index (κ3) is 5.03. The summed E-state index contributed by atoms with van der Waals surface area (Å²) in [6, 6.07) is 12.8. The molecule has 0 bridgehead atoms. The van der Waals surface area contributed by atoms with Crippen LogP contribution >= 0.6 is 11.6 Å². The number of nitrogens with zero attached hydrogens (tertiary/aromatic N) is 1. The molecule has 26 heavy (non-hydrogen) atoms. The summed E-state index contributed by atoms with van der Waals surface area (Å²) in [4.78, 5) is 34.3. The number of benzene rings is 2. The Morgan fingerprint density at radius 1 is 1.23 bits per heavy atom. The number of anilines is 1. The van der Waals surface area contributed by atoms with E-state index in [4.69, 9.17) is 16.3 Å². The minimum atomic E-state index is -0.590. The molecular weight excluding hydrogens is 360 g/mol. The van der Waals surface area contributed by atoms with Crippen molar-refractivity contribution in [1.29, 1.82) is 0 Å². The van der Waals surface area contributed by atoms with Crippen LogP contribution in [0.15, 0.2) is 48.5 Å². The molecule has 0 aliphatic heterocycles. The van der Waals surface area contributed by atoms with E-state index in [0.29, 0.717) is 6.42 Å². The average molecular weight is 377 g/mol. The topological polar surface area (TPSA) is 98.5 Å². The van der Waals surface area contributed by atoms with Crippen LogP contribution in [0, 0.1) is 10.1 Å². The molecule has 0 aliphatic carbocycles. The average Bonchev–Trinajstić information content (AvgIpc) is 2.63. The van der Waals surface area contributed by atoms with Gasteiger partial charge in [0.2, 0.25) is 0 Å². The van der Waals surface area contributed by atoms with Crippen molar-refractivity contribution in [2.45, 2.75) is 19.3 Å². The number of esters is 1. The Morgan fingerprint density at radius 3 is 2.50 bits per heavy atom. The first-order valence-corrected chi connectivity index (χ1v) is 8.25. The summed E-state index contributed by atoms with van der Waals surface area (Å²) in [5, 5.41) is 13.2. The van der Waals surface area contributed by atoms with Crippen LogP contribution in [0.25, 0.3) is 0 Å². The van der Waals surface area contributed by atoms with Gasteiger partial charge >= 0.3 is 5.97 Å². The summed E-state index contributed by atoms with van der Waals surface area (Å²) in [6.45, 7) is 1.38. The Bertz CT molecular complexity index is 810. The number of hydrogen-bond acceptors (Lipinski definition) is 5. The van der Waals surface area contributed by atoms with Crippen LogP contribution in [-0.2, 0) is 14.3 Å². The van der Waals surface area contributed by atoms with Crippen molar-refractivity contribution >= 4 is 34.9 Å². The van der Waals surface area contributed by atoms with Crippen molar-refractivity contribution < 1.29 is 19.2 Å². The van der Waals surface area contributed by atoms with Gasteiger partial charge in [-0.3, -0.25) is 19.7 Å². The summed E-state index contributed by atoms with van der Waals surface area (Å²) < 4.78 is 5.08. The van der Waals surface area contributed by atoms with Gasteiger partial charge in [-0.1, -0.05) is 48.9 Å². The quantitative estimate of drug-likeness (QED) is 0.448. The van der Waals surface area contributed by atoms with Gasteiger partial charge in [-0.15, -0.1) is 0 Å². The Morgan fingerprint density at radius 2 is 1.92 bits per heavy atom. The first kappa shape index (κ1) is 19.4. The summed E-state index contributed by atoms with van der Waals surface area (Å²) in [5.41, 5.74) is 0.834. The summed E-state index contributed by atoms with van der Waals surface area (Å²) in [5.74, 6) is -1.53. The first-order valence-electron chi connectivity index (χ1n) is 7.87. The number of nitrogens with one attached hydrogen (secondary N) is 1. The molecule has 1 amide bonds. The largest absolute Gasteiger partial charge is 0.455 e. The lowest BCUT2D eigenvalue weighted by molar-refractivity contribution is -0.384. The zero-order valence-corrected chi connectivity index (χ0v) is 14.7. The second-order valence-electron chi connectivity index (χ2n) is 5.45. The second kappa shape index (κ2) is 8.96. The number of carbonyl (C=O) groups excluding carboxylic acids is 2. The number of amides is 1. The third-order valence-electron chi connectivity index (χ3n) is 3.68. The van der Waals surface area contributed by atoms with E-state index in [-0.39, 0.29) is 16.4 Å². The van der Waals surface area contributed by atoms with Crippen LogP contribution in [0.4, 0.5) is 11.4 Å². The number of non-ortho nitro benzene ring substituents is 1. The highest BCUT2D eigenvalue weighted by Gasteiger charge is 2.21. The molecule has 2 rings (SSSR count). The fraction of sp³-hybridized carbons (Fsp3) is 0.222. The van der Waals surface area contributed by atoms with Gasteiger partial charge in [0.25, 0.3) is 11.6 Å². The van der Waals surface area contributed by atoms with Gasteiger partial charge in [0, 0.05) is 12.1 Å². The molecule has 8 heteroatoms. The summed E-state index contributed by atoms with van der Waals surface area (Å²) in [7, 11) is 0. The molecular formula is C18H17ClN2O5. The van der Waals surface area contributed by atoms with Crippen LogP contribution in [0.2, 0.25) is 5.02 Å². The molecule has 1 N–H and O–H groups in total. The first-order chi connectivity index (χ1) is 12.4. The fourth-order valence-corrected chi connectivity index (χ4v) is 2.59.